The highest BCUT2D eigenvalue weighted by Crippen LogP contribution is 2.11. The largest absolute Gasteiger partial charge is 0.459 e. The molecule has 0 aliphatic rings. The summed E-state index contributed by atoms with van der Waals surface area (Å²) in [6, 6.07) is 7.31. The third-order valence-electron chi connectivity index (χ3n) is 3.14. The van der Waals surface area contributed by atoms with Crippen molar-refractivity contribution in [2.75, 3.05) is 12.0 Å². The molecule has 0 saturated carbocycles. The number of esters is 1. The highest BCUT2D eigenvalue weighted by molar-refractivity contribution is 5.89. The molecule has 1 atom stereocenters. The number of hydrogen-bond acceptors (Lipinski definition) is 4. The van der Waals surface area contributed by atoms with Crippen LogP contribution in [0, 0.1) is 0 Å². The first-order chi connectivity index (χ1) is 9.67. The lowest BCUT2D eigenvalue weighted by molar-refractivity contribution is 0.0334. The number of nitrogens with one attached hydrogen (secondary N) is 2. The monoisotopic (exact) mass is 278 g/mol. The molecule has 0 aliphatic carbocycles. The lowest BCUT2D eigenvalue weighted by Crippen LogP contribution is -2.22. The lowest BCUT2D eigenvalue weighted by atomic mass is 10.2. The maximum Gasteiger partial charge on any atom is 0.338 e. The van der Waals surface area contributed by atoms with Gasteiger partial charge in [0.25, 0.3) is 0 Å². The first-order valence-electron chi connectivity index (χ1n) is 7.47. The fraction of sp³-hybridized carbons (Fsp3) is 0.562. The lowest BCUT2D eigenvalue weighted by Gasteiger charge is -2.11. The van der Waals surface area contributed by atoms with Gasteiger partial charge < -0.3 is 10.2 Å². The van der Waals surface area contributed by atoms with Crippen molar-refractivity contribution in [3.8, 4) is 0 Å². The van der Waals surface area contributed by atoms with Crippen molar-refractivity contribution in [1.82, 2.24) is 5.43 Å². The van der Waals surface area contributed by atoms with Gasteiger partial charge in [-0.25, -0.2) is 10.2 Å². The van der Waals surface area contributed by atoms with Crippen molar-refractivity contribution in [3.05, 3.63) is 29.8 Å². The van der Waals surface area contributed by atoms with Crippen LogP contribution in [0.1, 0.15) is 56.8 Å². The summed E-state index contributed by atoms with van der Waals surface area (Å²) < 4.78 is 5.28. The number of unbranched alkanes of at least 4 members (excludes halogenated alkanes) is 2. The van der Waals surface area contributed by atoms with Crippen LogP contribution in [-0.4, -0.2) is 18.6 Å². The van der Waals surface area contributed by atoms with Gasteiger partial charge in [-0.15, -0.1) is 0 Å². The average Bonchev–Trinajstić information content (AvgIpc) is 2.47. The zero-order valence-electron chi connectivity index (χ0n) is 12.7. The summed E-state index contributed by atoms with van der Waals surface area (Å²) in [6.45, 7) is 7.01. The van der Waals surface area contributed by atoms with Gasteiger partial charge in [-0.05, 0) is 44.0 Å². The van der Waals surface area contributed by atoms with Crippen molar-refractivity contribution < 1.29 is 9.53 Å². The summed E-state index contributed by atoms with van der Waals surface area (Å²) in [7, 11) is 0. The van der Waals surface area contributed by atoms with E-state index in [1.807, 2.05) is 26.0 Å². The van der Waals surface area contributed by atoms with Crippen LogP contribution in [0.15, 0.2) is 24.3 Å². The van der Waals surface area contributed by atoms with E-state index in [9.17, 15) is 4.79 Å². The van der Waals surface area contributed by atoms with E-state index in [0.29, 0.717) is 5.56 Å². The van der Waals surface area contributed by atoms with Crippen LogP contribution in [0.4, 0.5) is 5.69 Å². The van der Waals surface area contributed by atoms with E-state index in [4.69, 9.17) is 4.74 Å². The second-order valence-corrected chi connectivity index (χ2v) is 4.96. The molecule has 0 heterocycles. The topological polar surface area (TPSA) is 50.4 Å². The molecular weight excluding hydrogens is 252 g/mol. The highest BCUT2D eigenvalue weighted by Gasteiger charge is 2.10. The van der Waals surface area contributed by atoms with Crippen molar-refractivity contribution >= 4 is 11.7 Å². The molecule has 0 amide bonds. The van der Waals surface area contributed by atoms with Crippen LogP contribution in [0.25, 0.3) is 0 Å². The van der Waals surface area contributed by atoms with Crippen molar-refractivity contribution in [2.24, 2.45) is 0 Å². The normalized spacial score (nSPS) is 11.9. The standard InChI is InChI=1S/C16H26N2O2/c1-4-6-7-12-17-18-15-10-8-14(9-11-15)16(19)20-13(3)5-2/h8-11,13,17-18H,4-7,12H2,1-3H3. The Morgan fingerprint density at radius 3 is 2.50 bits per heavy atom. The van der Waals surface area contributed by atoms with Gasteiger partial charge in [-0.2, -0.15) is 0 Å². The zero-order valence-corrected chi connectivity index (χ0v) is 12.7. The van der Waals surface area contributed by atoms with E-state index in [0.717, 1.165) is 25.1 Å². The quantitative estimate of drug-likeness (QED) is 0.410. The number of benzene rings is 1. The minimum Gasteiger partial charge on any atom is -0.459 e. The second kappa shape index (κ2) is 9.37. The van der Waals surface area contributed by atoms with Crippen LogP contribution in [0.2, 0.25) is 0 Å². The van der Waals surface area contributed by atoms with Crippen LogP contribution < -0.4 is 10.9 Å². The van der Waals surface area contributed by atoms with Crippen LogP contribution in [0.5, 0.6) is 0 Å². The van der Waals surface area contributed by atoms with Gasteiger partial charge >= 0.3 is 5.97 Å². The van der Waals surface area contributed by atoms with Gasteiger partial charge in [-0.3, -0.25) is 0 Å². The molecule has 0 bridgehead atoms. The van der Waals surface area contributed by atoms with E-state index < -0.39 is 0 Å². The van der Waals surface area contributed by atoms with E-state index in [-0.39, 0.29) is 12.1 Å². The SMILES string of the molecule is CCCCCNNc1ccc(C(=O)OC(C)CC)cc1. The number of anilines is 1. The molecule has 0 saturated heterocycles. The maximum absolute atomic E-state index is 11.8. The fourth-order valence-electron chi connectivity index (χ4n) is 1.65. The molecule has 0 spiro atoms. The summed E-state index contributed by atoms with van der Waals surface area (Å²) >= 11 is 0. The molecule has 20 heavy (non-hydrogen) atoms. The summed E-state index contributed by atoms with van der Waals surface area (Å²) in [4.78, 5) is 11.8. The number of hydrogen-bond donors (Lipinski definition) is 2. The van der Waals surface area contributed by atoms with Crippen molar-refractivity contribution in [3.63, 3.8) is 0 Å². The molecule has 4 nitrogen and oxygen atoms in total. The summed E-state index contributed by atoms with van der Waals surface area (Å²) in [5, 5.41) is 0. The minimum absolute atomic E-state index is 0.0412. The molecular formula is C16H26N2O2. The van der Waals surface area contributed by atoms with Crippen molar-refractivity contribution in [1.29, 1.82) is 0 Å². The number of carbonyl (C=O) groups is 1. The van der Waals surface area contributed by atoms with Gasteiger partial charge in [0.15, 0.2) is 0 Å². The summed E-state index contributed by atoms with van der Waals surface area (Å²) in [5.41, 5.74) is 7.81. The molecule has 2 N–H and O–H groups in total. The molecule has 1 rings (SSSR count). The summed E-state index contributed by atoms with van der Waals surface area (Å²) in [5.74, 6) is -0.262. The molecule has 112 valence electrons. The number of ether oxygens (including phenoxy) is 1. The number of carbonyl (C=O) groups excluding carboxylic acids is 1. The Morgan fingerprint density at radius 2 is 1.90 bits per heavy atom. The Hall–Kier alpha value is -1.55. The molecule has 1 aromatic rings. The summed E-state index contributed by atoms with van der Waals surface area (Å²) in [6.07, 6.45) is 4.39. The molecule has 1 unspecified atom stereocenters. The highest BCUT2D eigenvalue weighted by atomic mass is 16.5. The van der Waals surface area contributed by atoms with Gasteiger partial charge in [0.2, 0.25) is 0 Å². The van der Waals surface area contributed by atoms with E-state index in [2.05, 4.69) is 17.8 Å². The van der Waals surface area contributed by atoms with Gasteiger partial charge in [0, 0.05) is 12.2 Å². The molecule has 0 radical (unpaired) electrons. The smallest absolute Gasteiger partial charge is 0.338 e. The third kappa shape index (κ3) is 6.06. The number of hydrazine groups is 1. The maximum atomic E-state index is 11.8. The number of rotatable bonds is 9. The average molecular weight is 278 g/mol. The predicted molar refractivity (Wildman–Crippen MR) is 82.8 cm³/mol. The van der Waals surface area contributed by atoms with Gasteiger partial charge in [0.05, 0.1) is 11.7 Å². The van der Waals surface area contributed by atoms with Crippen molar-refractivity contribution in [2.45, 2.75) is 52.6 Å². The van der Waals surface area contributed by atoms with Crippen LogP contribution >= 0.6 is 0 Å². The first-order valence-corrected chi connectivity index (χ1v) is 7.47. The van der Waals surface area contributed by atoms with E-state index in [1.165, 1.54) is 12.8 Å². The Morgan fingerprint density at radius 1 is 1.20 bits per heavy atom. The molecule has 0 aromatic heterocycles. The van der Waals surface area contributed by atoms with E-state index >= 15 is 0 Å². The Kier molecular flexibility index (Phi) is 7.73. The Bertz CT molecular complexity index is 390. The fourth-order valence-corrected chi connectivity index (χ4v) is 1.65. The van der Waals surface area contributed by atoms with Gasteiger partial charge in [0.1, 0.15) is 0 Å². The predicted octanol–water partition coefficient (Wildman–Crippen LogP) is 3.75. The first kappa shape index (κ1) is 16.5. The molecule has 4 heteroatoms. The minimum atomic E-state index is -0.262. The van der Waals surface area contributed by atoms with Gasteiger partial charge in [-0.1, -0.05) is 26.7 Å². The zero-order chi connectivity index (χ0) is 14.8. The molecule has 1 aromatic carbocycles. The second-order valence-electron chi connectivity index (χ2n) is 4.96. The van der Waals surface area contributed by atoms with E-state index in [1.54, 1.807) is 12.1 Å². The Labute approximate surface area is 121 Å². The van der Waals surface area contributed by atoms with Crippen LogP contribution in [-0.2, 0) is 4.74 Å². The molecule has 0 aliphatic heterocycles. The third-order valence-corrected chi connectivity index (χ3v) is 3.14. The van der Waals surface area contributed by atoms with Crippen LogP contribution in [0.3, 0.4) is 0 Å². The molecule has 0 fully saturated rings. The Balaban J connectivity index is 2.38.